The second-order valence-corrected chi connectivity index (χ2v) is 5.14. The SMILES string of the molecule is CC/C=N\C(I)=C(/C)CCN(C=O)C1CC1. The molecule has 0 radical (unpaired) electrons. The van der Waals surface area contributed by atoms with E-state index in [2.05, 4.69) is 41.4 Å². The van der Waals surface area contributed by atoms with Gasteiger partial charge >= 0.3 is 0 Å². The van der Waals surface area contributed by atoms with Gasteiger partial charge in [0.1, 0.15) is 0 Å². The highest BCUT2D eigenvalue weighted by Gasteiger charge is 2.27. The van der Waals surface area contributed by atoms with Gasteiger partial charge < -0.3 is 4.90 Å². The smallest absolute Gasteiger partial charge is 0.209 e. The maximum absolute atomic E-state index is 10.8. The van der Waals surface area contributed by atoms with Gasteiger partial charge in [-0.15, -0.1) is 0 Å². The van der Waals surface area contributed by atoms with E-state index in [1.54, 1.807) is 0 Å². The van der Waals surface area contributed by atoms with Crippen molar-refractivity contribution >= 4 is 35.2 Å². The molecule has 16 heavy (non-hydrogen) atoms. The molecule has 0 aromatic carbocycles. The molecule has 0 atom stereocenters. The standard InChI is InChI=1S/C12H19IN2O/c1-3-7-14-12(13)10(2)6-8-15(9-16)11-4-5-11/h7,9,11H,3-6,8H2,1-2H3/b12-10+,14-7-. The molecule has 0 spiro atoms. The highest BCUT2D eigenvalue weighted by molar-refractivity contribution is 14.1. The summed E-state index contributed by atoms with van der Waals surface area (Å²) in [7, 11) is 0. The van der Waals surface area contributed by atoms with Gasteiger partial charge in [0.15, 0.2) is 0 Å². The van der Waals surface area contributed by atoms with E-state index in [-0.39, 0.29) is 0 Å². The highest BCUT2D eigenvalue weighted by atomic mass is 127. The zero-order valence-corrected chi connectivity index (χ0v) is 12.1. The molecular weight excluding hydrogens is 315 g/mol. The second kappa shape index (κ2) is 7.04. The number of rotatable bonds is 7. The van der Waals surface area contributed by atoms with Crippen LogP contribution >= 0.6 is 22.6 Å². The van der Waals surface area contributed by atoms with Crippen molar-refractivity contribution in [2.45, 2.75) is 45.6 Å². The van der Waals surface area contributed by atoms with Crippen molar-refractivity contribution in [3.63, 3.8) is 0 Å². The second-order valence-electron chi connectivity index (χ2n) is 4.12. The zero-order valence-electron chi connectivity index (χ0n) is 9.95. The third-order valence-corrected chi connectivity index (χ3v) is 3.83. The third-order valence-electron chi connectivity index (χ3n) is 2.64. The summed E-state index contributed by atoms with van der Waals surface area (Å²) in [6, 6.07) is 0.516. The fourth-order valence-corrected chi connectivity index (χ4v) is 1.88. The first-order valence-electron chi connectivity index (χ1n) is 5.77. The number of hydrogen-bond donors (Lipinski definition) is 0. The Morgan fingerprint density at radius 3 is 2.75 bits per heavy atom. The molecule has 3 nitrogen and oxygen atoms in total. The van der Waals surface area contributed by atoms with Gasteiger partial charge in [0.2, 0.25) is 6.41 Å². The Morgan fingerprint density at radius 1 is 1.56 bits per heavy atom. The summed E-state index contributed by atoms with van der Waals surface area (Å²) in [6.07, 6.45) is 7.13. The average Bonchev–Trinajstić information content (AvgIpc) is 3.10. The van der Waals surface area contributed by atoms with E-state index in [4.69, 9.17) is 0 Å². The molecule has 0 bridgehead atoms. The highest BCUT2D eigenvalue weighted by Crippen LogP contribution is 2.26. The van der Waals surface area contributed by atoms with Gasteiger partial charge in [-0.05, 0) is 60.8 Å². The molecule has 0 aromatic heterocycles. The summed E-state index contributed by atoms with van der Waals surface area (Å²) in [5.74, 6) is 0. The normalized spacial score (nSPS) is 17.4. The van der Waals surface area contributed by atoms with Gasteiger partial charge in [-0.25, -0.2) is 0 Å². The van der Waals surface area contributed by atoms with Crippen molar-refractivity contribution in [1.29, 1.82) is 0 Å². The zero-order chi connectivity index (χ0) is 12.0. The van der Waals surface area contributed by atoms with Gasteiger partial charge in [0, 0.05) is 18.8 Å². The van der Waals surface area contributed by atoms with Crippen LogP contribution in [0.3, 0.4) is 0 Å². The topological polar surface area (TPSA) is 32.7 Å². The number of halogens is 1. The molecule has 1 aliphatic rings. The minimum absolute atomic E-state index is 0.516. The fourth-order valence-electron chi connectivity index (χ4n) is 1.41. The summed E-state index contributed by atoms with van der Waals surface area (Å²) in [5, 5.41) is 0. The number of carbonyl (C=O) groups excluding carboxylic acids is 1. The predicted molar refractivity (Wildman–Crippen MR) is 75.9 cm³/mol. The number of amides is 1. The molecular formula is C12H19IN2O. The number of carbonyl (C=O) groups is 1. The Balaban J connectivity index is 2.40. The number of nitrogens with zero attached hydrogens (tertiary/aromatic N) is 2. The third kappa shape index (κ3) is 4.63. The van der Waals surface area contributed by atoms with Crippen molar-refractivity contribution in [3.05, 3.63) is 9.28 Å². The van der Waals surface area contributed by atoms with E-state index in [9.17, 15) is 4.79 Å². The molecule has 1 fully saturated rings. The molecule has 4 heteroatoms. The van der Waals surface area contributed by atoms with E-state index in [0.29, 0.717) is 6.04 Å². The largest absolute Gasteiger partial charge is 0.342 e. The monoisotopic (exact) mass is 334 g/mol. The molecule has 1 aliphatic carbocycles. The van der Waals surface area contributed by atoms with E-state index < -0.39 is 0 Å². The lowest BCUT2D eigenvalue weighted by atomic mass is 10.2. The molecule has 1 saturated carbocycles. The molecule has 0 unspecified atom stereocenters. The van der Waals surface area contributed by atoms with Gasteiger partial charge in [-0.3, -0.25) is 9.79 Å². The van der Waals surface area contributed by atoms with Crippen LogP contribution in [0.15, 0.2) is 14.3 Å². The van der Waals surface area contributed by atoms with Crippen LogP contribution in [-0.2, 0) is 4.79 Å². The Labute approximate surface area is 111 Å². The van der Waals surface area contributed by atoms with E-state index in [0.717, 1.165) is 29.5 Å². The Bertz CT molecular complexity index is 295. The van der Waals surface area contributed by atoms with E-state index >= 15 is 0 Å². The van der Waals surface area contributed by atoms with Crippen molar-refractivity contribution in [2.24, 2.45) is 4.99 Å². The van der Waals surface area contributed by atoms with Crippen LogP contribution in [0.1, 0.15) is 39.5 Å². The Morgan fingerprint density at radius 2 is 2.25 bits per heavy atom. The minimum Gasteiger partial charge on any atom is -0.342 e. The first kappa shape index (κ1) is 13.7. The molecule has 1 rings (SSSR count). The van der Waals surface area contributed by atoms with Crippen molar-refractivity contribution < 1.29 is 4.79 Å². The van der Waals surface area contributed by atoms with E-state index in [1.807, 2.05) is 11.1 Å². The lowest BCUT2D eigenvalue weighted by molar-refractivity contribution is -0.118. The summed E-state index contributed by atoms with van der Waals surface area (Å²) < 4.78 is 1.06. The average molecular weight is 334 g/mol. The molecule has 0 saturated heterocycles. The first-order chi connectivity index (χ1) is 7.69. The van der Waals surface area contributed by atoms with Crippen molar-refractivity contribution in [1.82, 2.24) is 4.90 Å². The van der Waals surface area contributed by atoms with Gasteiger partial charge in [0.25, 0.3) is 0 Å². The van der Waals surface area contributed by atoms with Crippen molar-refractivity contribution in [2.75, 3.05) is 6.54 Å². The maximum atomic E-state index is 10.8. The molecule has 0 N–H and O–H groups in total. The fraction of sp³-hybridized carbons (Fsp3) is 0.667. The Hall–Kier alpha value is -0.390. The van der Waals surface area contributed by atoms with Gasteiger partial charge in [0.05, 0.1) is 3.70 Å². The molecule has 1 amide bonds. The molecule has 0 aliphatic heterocycles. The van der Waals surface area contributed by atoms with Crippen LogP contribution in [0, 0.1) is 0 Å². The van der Waals surface area contributed by atoms with Crippen molar-refractivity contribution in [3.8, 4) is 0 Å². The van der Waals surface area contributed by atoms with Crippen LogP contribution in [0.2, 0.25) is 0 Å². The number of hydrogen-bond acceptors (Lipinski definition) is 2. The summed E-state index contributed by atoms with van der Waals surface area (Å²) in [4.78, 5) is 17.1. The predicted octanol–water partition coefficient (Wildman–Crippen LogP) is 3.14. The quantitative estimate of drug-likeness (QED) is 0.305. The van der Waals surface area contributed by atoms with Crippen LogP contribution in [0.5, 0.6) is 0 Å². The molecule has 90 valence electrons. The van der Waals surface area contributed by atoms with Crippen LogP contribution in [0.4, 0.5) is 0 Å². The van der Waals surface area contributed by atoms with Gasteiger partial charge in [-0.1, -0.05) is 6.92 Å². The molecule has 0 aromatic rings. The van der Waals surface area contributed by atoms with Crippen LogP contribution < -0.4 is 0 Å². The van der Waals surface area contributed by atoms with E-state index in [1.165, 1.54) is 18.4 Å². The lowest BCUT2D eigenvalue weighted by Gasteiger charge is -2.16. The minimum atomic E-state index is 0.516. The Kier molecular flexibility index (Phi) is 6.01. The maximum Gasteiger partial charge on any atom is 0.209 e. The molecule has 0 heterocycles. The summed E-state index contributed by atoms with van der Waals surface area (Å²) in [5.41, 5.74) is 1.26. The lowest BCUT2D eigenvalue weighted by Crippen LogP contribution is -2.25. The first-order valence-corrected chi connectivity index (χ1v) is 6.85. The van der Waals surface area contributed by atoms with Crippen LogP contribution in [0.25, 0.3) is 0 Å². The van der Waals surface area contributed by atoms with Gasteiger partial charge in [-0.2, -0.15) is 0 Å². The summed E-state index contributed by atoms with van der Waals surface area (Å²) in [6.45, 7) is 4.99. The summed E-state index contributed by atoms with van der Waals surface area (Å²) >= 11 is 2.26. The number of aliphatic imine (C=N–C) groups is 1. The van der Waals surface area contributed by atoms with Crippen LogP contribution in [-0.4, -0.2) is 30.1 Å².